The van der Waals surface area contributed by atoms with Crippen molar-refractivity contribution in [1.29, 1.82) is 0 Å². The summed E-state index contributed by atoms with van der Waals surface area (Å²) in [5.41, 5.74) is 6.67. The maximum Gasteiger partial charge on any atom is 0.203 e. The molecule has 0 spiro atoms. The average Bonchev–Trinajstić information content (AvgIpc) is 3.13. The topological polar surface area (TPSA) is 64.7 Å². The first-order chi connectivity index (χ1) is 8.27. The van der Waals surface area contributed by atoms with E-state index in [1.54, 1.807) is 0 Å². The third kappa shape index (κ3) is 1.63. The number of phenolic OH excluding ortho intramolecular Hbond substituents is 1. The largest absolute Gasteiger partial charge is 0.504 e. The highest BCUT2D eigenvalue weighted by Gasteiger charge is 2.45. The van der Waals surface area contributed by atoms with Gasteiger partial charge in [0.2, 0.25) is 5.75 Å². The molecular formula is C13H17NO3. The molecule has 1 heterocycles. The van der Waals surface area contributed by atoms with E-state index in [2.05, 4.69) is 0 Å². The fraction of sp³-hybridized carbons (Fsp3) is 0.538. The number of benzene rings is 1. The summed E-state index contributed by atoms with van der Waals surface area (Å²) in [5, 5.41) is 10.3. The summed E-state index contributed by atoms with van der Waals surface area (Å²) in [7, 11) is 0. The standard InChI is InChI=1S/C13H17NO3/c14-8-13(4-5-13)9-2-3-10-12(11(9)15)17-7-1-6-16-10/h2-3,15H,1,4-8,14H2. The molecule has 4 heteroatoms. The Morgan fingerprint density at radius 3 is 2.71 bits per heavy atom. The number of fused-ring (bicyclic) bond motifs is 1. The highest BCUT2D eigenvalue weighted by molar-refractivity contribution is 5.58. The van der Waals surface area contributed by atoms with Crippen LogP contribution in [0.15, 0.2) is 12.1 Å². The van der Waals surface area contributed by atoms with Gasteiger partial charge in [-0.2, -0.15) is 0 Å². The molecule has 0 radical (unpaired) electrons. The SMILES string of the molecule is NCC1(c2ccc3c(c2O)OCCCO3)CC1. The molecular weight excluding hydrogens is 218 g/mol. The van der Waals surface area contributed by atoms with E-state index in [1.165, 1.54) is 0 Å². The van der Waals surface area contributed by atoms with Gasteiger partial charge in [-0.25, -0.2) is 0 Å². The Kier molecular flexibility index (Phi) is 2.40. The van der Waals surface area contributed by atoms with Crippen molar-refractivity contribution in [3.63, 3.8) is 0 Å². The summed E-state index contributed by atoms with van der Waals surface area (Å²) in [4.78, 5) is 0. The van der Waals surface area contributed by atoms with Crippen molar-refractivity contribution in [2.45, 2.75) is 24.7 Å². The van der Waals surface area contributed by atoms with Gasteiger partial charge in [-0.1, -0.05) is 6.07 Å². The van der Waals surface area contributed by atoms with E-state index in [0.29, 0.717) is 31.3 Å². The minimum absolute atomic E-state index is 0.0330. The maximum absolute atomic E-state index is 10.3. The highest BCUT2D eigenvalue weighted by atomic mass is 16.5. The molecule has 1 saturated carbocycles. The molecule has 1 aliphatic carbocycles. The van der Waals surface area contributed by atoms with Crippen molar-refractivity contribution in [2.75, 3.05) is 19.8 Å². The fourth-order valence-corrected chi connectivity index (χ4v) is 2.38. The molecule has 3 rings (SSSR count). The minimum Gasteiger partial charge on any atom is -0.504 e. The third-order valence-electron chi connectivity index (χ3n) is 3.70. The molecule has 17 heavy (non-hydrogen) atoms. The van der Waals surface area contributed by atoms with Crippen LogP contribution in [0, 0.1) is 0 Å². The van der Waals surface area contributed by atoms with Gasteiger partial charge in [0.15, 0.2) is 11.5 Å². The normalized spacial score (nSPS) is 20.8. The van der Waals surface area contributed by atoms with Crippen LogP contribution in [0.1, 0.15) is 24.8 Å². The van der Waals surface area contributed by atoms with Gasteiger partial charge in [0.05, 0.1) is 13.2 Å². The van der Waals surface area contributed by atoms with Gasteiger partial charge in [0.25, 0.3) is 0 Å². The molecule has 1 aromatic carbocycles. The quantitative estimate of drug-likeness (QED) is 0.816. The van der Waals surface area contributed by atoms with Crippen LogP contribution < -0.4 is 15.2 Å². The molecule has 0 unspecified atom stereocenters. The van der Waals surface area contributed by atoms with Crippen LogP contribution in [0.25, 0.3) is 0 Å². The number of hydrogen-bond donors (Lipinski definition) is 2. The van der Waals surface area contributed by atoms with Crippen LogP contribution in [0.2, 0.25) is 0 Å². The van der Waals surface area contributed by atoms with Crippen molar-refractivity contribution in [3.8, 4) is 17.2 Å². The van der Waals surface area contributed by atoms with Crippen LogP contribution in [0.4, 0.5) is 0 Å². The van der Waals surface area contributed by atoms with Crippen LogP contribution in [0.3, 0.4) is 0 Å². The van der Waals surface area contributed by atoms with E-state index in [4.69, 9.17) is 15.2 Å². The van der Waals surface area contributed by atoms with Crippen LogP contribution >= 0.6 is 0 Å². The molecule has 92 valence electrons. The van der Waals surface area contributed by atoms with Gasteiger partial charge in [-0.3, -0.25) is 0 Å². The Labute approximate surface area is 100 Å². The summed E-state index contributed by atoms with van der Waals surface area (Å²) in [6.45, 7) is 1.79. The van der Waals surface area contributed by atoms with Gasteiger partial charge >= 0.3 is 0 Å². The third-order valence-corrected chi connectivity index (χ3v) is 3.70. The second-order valence-corrected chi connectivity index (χ2v) is 4.82. The van der Waals surface area contributed by atoms with E-state index in [0.717, 1.165) is 24.8 Å². The van der Waals surface area contributed by atoms with Crippen LogP contribution in [-0.2, 0) is 5.41 Å². The molecule has 0 bridgehead atoms. The van der Waals surface area contributed by atoms with Crippen molar-refractivity contribution >= 4 is 0 Å². The minimum atomic E-state index is -0.0330. The van der Waals surface area contributed by atoms with E-state index in [9.17, 15) is 5.11 Å². The number of ether oxygens (including phenoxy) is 2. The van der Waals surface area contributed by atoms with Crippen molar-refractivity contribution in [3.05, 3.63) is 17.7 Å². The average molecular weight is 235 g/mol. The molecule has 4 nitrogen and oxygen atoms in total. The van der Waals surface area contributed by atoms with Gasteiger partial charge in [-0.15, -0.1) is 0 Å². The zero-order valence-electron chi connectivity index (χ0n) is 9.74. The Bertz CT molecular complexity index is 441. The summed E-state index contributed by atoms with van der Waals surface area (Å²) >= 11 is 0. The van der Waals surface area contributed by atoms with Gasteiger partial charge in [0.1, 0.15) is 0 Å². The predicted molar refractivity (Wildman–Crippen MR) is 63.7 cm³/mol. The number of rotatable bonds is 2. The van der Waals surface area contributed by atoms with Crippen LogP contribution in [0.5, 0.6) is 17.2 Å². The zero-order valence-corrected chi connectivity index (χ0v) is 9.74. The van der Waals surface area contributed by atoms with Crippen molar-refractivity contribution < 1.29 is 14.6 Å². The smallest absolute Gasteiger partial charge is 0.203 e. The molecule has 1 aliphatic heterocycles. The summed E-state index contributed by atoms with van der Waals surface area (Å²) in [6, 6.07) is 3.80. The van der Waals surface area contributed by atoms with Crippen molar-refractivity contribution in [2.24, 2.45) is 5.73 Å². The molecule has 3 N–H and O–H groups in total. The lowest BCUT2D eigenvalue weighted by molar-refractivity contribution is 0.290. The first kappa shape index (κ1) is 10.7. The molecule has 0 aromatic heterocycles. The van der Waals surface area contributed by atoms with Crippen molar-refractivity contribution in [1.82, 2.24) is 0 Å². The number of phenols is 1. The first-order valence-electron chi connectivity index (χ1n) is 6.09. The zero-order chi connectivity index (χ0) is 11.9. The Hall–Kier alpha value is -1.42. The Morgan fingerprint density at radius 2 is 2.00 bits per heavy atom. The summed E-state index contributed by atoms with van der Waals surface area (Å²) in [6.07, 6.45) is 2.92. The molecule has 0 amide bonds. The Morgan fingerprint density at radius 1 is 1.24 bits per heavy atom. The van der Waals surface area contributed by atoms with E-state index >= 15 is 0 Å². The van der Waals surface area contributed by atoms with Crippen LogP contribution in [-0.4, -0.2) is 24.9 Å². The maximum atomic E-state index is 10.3. The molecule has 2 aliphatic rings. The second-order valence-electron chi connectivity index (χ2n) is 4.82. The monoisotopic (exact) mass is 235 g/mol. The second kappa shape index (κ2) is 3.81. The molecule has 1 fully saturated rings. The summed E-state index contributed by atoms with van der Waals surface area (Å²) in [5.74, 6) is 1.34. The van der Waals surface area contributed by atoms with Gasteiger partial charge in [0, 0.05) is 23.9 Å². The van der Waals surface area contributed by atoms with E-state index < -0.39 is 0 Å². The molecule has 0 atom stereocenters. The number of hydrogen-bond acceptors (Lipinski definition) is 4. The predicted octanol–water partition coefficient (Wildman–Crippen LogP) is 1.54. The summed E-state index contributed by atoms with van der Waals surface area (Å²) < 4.78 is 11.1. The molecule has 0 saturated heterocycles. The van der Waals surface area contributed by atoms with E-state index in [-0.39, 0.29) is 11.2 Å². The lowest BCUT2D eigenvalue weighted by Crippen LogP contribution is -2.19. The lowest BCUT2D eigenvalue weighted by Gasteiger charge is -2.18. The number of aromatic hydroxyl groups is 1. The lowest BCUT2D eigenvalue weighted by atomic mass is 9.94. The fourth-order valence-electron chi connectivity index (χ4n) is 2.38. The van der Waals surface area contributed by atoms with E-state index in [1.807, 2.05) is 12.1 Å². The highest BCUT2D eigenvalue weighted by Crippen LogP contribution is 2.54. The Balaban J connectivity index is 2.05. The van der Waals surface area contributed by atoms with Gasteiger partial charge < -0.3 is 20.3 Å². The number of nitrogens with two attached hydrogens (primary N) is 1. The van der Waals surface area contributed by atoms with Gasteiger partial charge in [-0.05, 0) is 18.9 Å². The first-order valence-corrected chi connectivity index (χ1v) is 6.09. The molecule has 1 aromatic rings.